The van der Waals surface area contributed by atoms with E-state index in [9.17, 15) is 19.5 Å². The van der Waals surface area contributed by atoms with E-state index in [1.54, 1.807) is 31.7 Å². The van der Waals surface area contributed by atoms with Crippen molar-refractivity contribution in [1.82, 2.24) is 0 Å². The zero-order valence-electron chi connectivity index (χ0n) is 24.3. The molecule has 0 aromatic heterocycles. The Labute approximate surface area is 248 Å². The normalized spacial score (nSPS) is 13.9. The zero-order valence-corrected chi connectivity index (χ0v) is 26.8. The van der Waals surface area contributed by atoms with Gasteiger partial charge in [0.25, 0.3) is 0 Å². The molecule has 1 aromatic carbocycles. The highest BCUT2D eigenvalue weighted by molar-refractivity contribution is 8.47. The Morgan fingerprint density at radius 3 is 2.08 bits per heavy atom. The van der Waals surface area contributed by atoms with E-state index >= 15 is 0 Å². The van der Waals surface area contributed by atoms with Gasteiger partial charge in [-0.1, -0.05) is 63.3 Å². The van der Waals surface area contributed by atoms with Crippen LogP contribution >= 0.6 is 35.7 Å². The molecule has 39 heavy (non-hydrogen) atoms. The molecule has 0 fully saturated rings. The molecule has 1 N–H and O–H groups in total. The summed E-state index contributed by atoms with van der Waals surface area (Å²) in [7, 11) is 0. The van der Waals surface area contributed by atoms with E-state index in [1.807, 2.05) is 65.0 Å². The largest absolute Gasteiger partial charge is 0.481 e. The number of rotatable bonds is 16. The number of carboxylic acid groups (broad SMARTS) is 1. The molecule has 0 heterocycles. The maximum Gasteiger partial charge on any atom is 0.334 e. The molecule has 0 aliphatic heterocycles. The van der Waals surface area contributed by atoms with Gasteiger partial charge in [0.1, 0.15) is 3.53 Å². The summed E-state index contributed by atoms with van der Waals surface area (Å²) in [5.41, 5.74) is -0.435. The SMILES string of the molecule is CCSC(=S)SC(C)(C)CC(=O)OCCCCOC(=O)/C(=C/c1ccccc1)CC(C)(CC)C(C)(C)C(=O)O. The molecular formula is C30H44O6S3. The van der Waals surface area contributed by atoms with Gasteiger partial charge in [-0.2, -0.15) is 0 Å². The lowest BCUT2D eigenvalue weighted by Crippen LogP contribution is -2.42. The number of aliphatic carboxylic acids is 1. The van der Waals surface area contributed by atoms with Crippen molar-refractivity contribution >= 4 is 63.3 Å². The van der Waals surface area contributed by atoms with Crippen LogP contribution in [-0.2, 0) is 23.9 Å². The van der Waals surface area contributed by atoms with Crippen molar-refractivity contribution in [3.05, 3.63) is 41.5 Å². The highest BCUT2D eigenvalue weighted by Crippen LogP contribution is 2.47. The number of carbonyl (C=O) groups excluding carboxylic acids is 2. The highest BCUT2D eigenvalue weighted by Gasteiger charge is 2.46. The average Bonchev–Trinajstić information content (AvgIpc) is 2.85. The van der Waals surface area contributed by atoms with Gasteiger partial charge in [0.05, 0.1) is 25.0 Å². The third-order valence-corrected chi connectivity index (χ3v) is 9.63. The summed E-state index contributed by atoms with van der Waals surface area (Å²) in [6.07, 6.45) is 3.98. The number of benzene rings is 1. The third-order valence-electron chi connectivity index (χ3n) is 7.03. The number of carbonyl (C=O) groups is 3. The smallest absolute Gasteiger partial charge is 0.334 e. The summed E-state index contributed by atoms with van der Waals surface area (Å²) < 4.78 is 11.4. The standard InChI is InChI=1S/C30H44O6S3/c1-8-30(7,29(5,6)26(33)34)20-23(19-22-15-11-10-12-16-22)25(32)36-18-14-13-17-35-24(31)21-28(3,4)39-27(37)38-9-2/h10-12,15-16,19H,8-9,13-14,17-18,20-21H2,1-7H3,(H,33,34)/b23-19+. The van der Waals surface area contributed by atoms with Gasteiger partial charge in [0.15, 0.2) is 0 Å². The van der Waals surface area contributed by atoms with Crippen molar-refractivity contribution in [3.63, 3.8) is 0 Å². The predicted molar refractivity (Wildman–Crippen MR) is 167 cm³/mol. The summed E-state index contributed by atoms with van der Waals surface area (Å²) in [6, 6.07) is 9.45. The summed E-state index contributed by atoms with van der Waals surface area (Å²) in [4.78, 5) is 37.4. The minimum absolute atomic E-state index is 0.178. The minimum atomic E-state index is -1.05. The number of thioether (sulfide) groups is 2. The molecule has 0 bridgehead atoms. The van der Waals surface area contributed by atoms with Gasteiger partial charge >= 0.3 is 17.9 Å². The number of hydrogen-bond acceptors (Lipinski definition) is 8. The Hall–Kier alpha value is -1.84. The van der Waals surface area contributed by atoms with Crippen LogP contribution in [0, 0.1) is 10.8 Å². The van der Waals surface area contributed by atoms with Gasteiger partial charge in [0.2, 0.25) is 0 Å². The van der Waals surface area contributed by atoms with Crippen LogP contribution in [0.4, 0.5) is 0 Å². The van der Waals surface area contributed by atoms with E-state index in [1.165, 1.54) is 11.8 Å². The molecule has 0 saturated carbocycles. The predicted octanol–water partition coefficient (Wildman–Crippen LogP) is 7.79. The first-order valence-electron chi connectivity index (χ1n) is 13.3. The van der Waals surface area contributed by atoms with E-state index < -0.39 is 22.8 Å². The fourth-order valence-electron chi connectivity index (χ4n) is 3.85. The van der Waals surface area contributed by atoms with E-state index in [2.05, 4.69) is 0 Å². The molecule has 0 saturated heterocycles. The Morgan fingerprint density at radius 2 is 1.54 bits per heavy atom. The molecule has 9 heteroatoms. The lowest BCUT2D eigenvalue weighted by molar-refractivity contribution is -0.155. The van der Waals surface area contributed by atoms with Gasteiger partial charge in [-0.05, 0) is 76.2 Å². The van der Waals surface area contributed by atoms with Crippen molar-refractivity contribution in [2.24, 2.45) is 10.8 Å². The lowest BCUT2D eigenvalue weighted by atomic mass is 9.62. The van der Waals surface area contributed by atoms with Crippen LogP contribution in [0.1, 0.15) is 86.1 Å². The van der Waals surface area contributed by atoms with Crippen LogP contribution in [-0.4, -0.2) is 50.3 Å². The number of unbranched alkanes of at least 4 members (excludes halogenated alkanes) is 1. The Bertz CT molecular complexity index is 1000. The average molecular weight is 597 g/mol. The highest BCUT2D eigenvalue weighted by atomic mass is 32.2. The van der Waals surface area contributed by atoms with Crippen LogP contribution in [0.25, 0.3) is 6.08 Å². The number of hydrogen-bond donors (Lipinski definition) is 1. The topological polar surface area (TPSA) is 89.9 Å². The van der Waals surface area contributed by atoms with Crippen molar-refractivity contribution in [1.29, 1.82) is 0 Å². The van der Waals surface area contributed by atoms with E-state index in [-0.39, 0.29) is 36.8 Å². The fourth-order valence-corrected chi connectivity index (χ4v) is 7.03. The van der Waals surface area contributed by atoms with Crippen molar-refractivity contribution in [2.75, 3.05) is 19.0 Å². The van der Waals surface area contributed by atoms with E-state index in [0.717, 1.165) is 14.8 Å². The summed E-state index contributed by atoms with van der Waals surface area (Å²) in [5.74, 6) is -0.741. The second-order valence-electron chi connectivity index (χ2n) is 10.9. The summed E-state index contributed by atoms with van der Waals surface area (Å²) >= 11 is 8.44. The van der Waals surface area contributed by atoms with Crippen LogP contribution in [0.5, 0.6) is 0 Å². The fraction of sp³-hybridized carbons (Fsp3) is 0.600. The molecule has 0 aliphatic carbocycles. The Kier molecular flexibility index (Phi) is 14.8. The van der Waals surface area contributed by atoms with E-state index in [0.29, 0.717) is 24.8 Å². The minimum Gasteiger partial charge on any atom is -0.481 e. The van der Waals surface area contributed by atoms with Crippen LogP contribution in [0.3, 0.4) is 0 Å². The monoisotopic (exact) mass is 596 g/mol. The Balaban J connectivity index is 2.70. The van der Waals surface area contributed by atoms with Gasteiger partial charge in [0, 0.05) is 10.3 Å². The number of thiocarbonyl (C=S) groups is 1. The summed E-state index contributed by atoms with van der Waals surface area (Å²) in [5, 5.41) is 9.86. The van der Waals surface area contributed by atoms with Crippen LogP contribution in [0.2, 0.25) is 0 Å². The van der Waals surface area contributed by atoms with Crippen molar-refractivity contribution in [3.8, 4) is 0 Å². The summed E-state index contributed by atoms with van der Waals surface area (Å²) in [6.45, 7) is 13.7. The number of ether oxygens (including phenoxy) is 2. The molecule has 0 radical (unpaired) electrons. The molecule has 6 nitrogen and oxygen atoms in total. The van der Waals surface area contributed by atoms with Gasteiger partial charge < -0.3 is 14.6 Å². The van der Waals surface area contributed by atoms with E-state index in [4.69, 9.17) is 21.7 Å². The quantitative estimate of drug-likeness (QED) is 0.0888. The zero-order chi connectivity index (χ0) is 29.7. The molecule has 1 unspecified atom stereocenters. The van der Waals surface area contributed by atoms with Crippen LogP contribution in [0.15, 0.2) is 35.9 Å². The first-order chi connectivity index (χ1) is 18.2. The number of esters is 2. The first-order valence-corrected chi connectivity index (χ1v) is 15.6. The second kappa shape index (κ2) is 16.4. The molecule has 0 spiro atoms. The molecule has 1 aromatic rings. The maximum absolute atomic E-state index is 13.1. The second-order valence-corrected chi connectivity index (χ2v) is 15.1. The van der Waals surface area contributed by atoms with Gasteiger partial charge in [-0.3, -0.25) is 9.59 Å². The lowest BCUT2D eigenvalue weighted by Gasteiger charge is -2.41. The Morgan fingerprint density at radius 1 is 0.949 bits per heavy atom. The van der Waals surface area contributed by atoms with Gasteiger partial charge in [-0.25, -0.2) is 4.79 Å². The molecule has 1 atom stereocenters. The molecular weight excluding hydrogens is 553 g/mol. The first kappa shape index (κ1) is 35.2. The third kappa shape index (κ3) is 12.1. The van der Waals surface area contributed by atoms with Gasteiger partial charge in [-0.15, -0.1) is 23.5 Å². The van der Waals surface area contributed by atoms with Crippen LogP contribution < -0.4 is 0 Å². The molecule has 1 rings (SSSR count). The molecule has 0 aliphatic rings. The maximum atomic E-state index is 13.1. The van der Waals surface area contributed by atoms with Crippen molar-refractivity contribution in [2.45, 2.75) is 85.3 Å². The molecule has 0 amide bonds. The molecule has 218 valence electrons. The number of carboxylic acids is 1. The van der Waals surface area contributed by atoms with Crippen molar-refractivity contribution < 1.29 is 29.0 Å².